The molecule has 3 fully saturated rings. The normalized spacial score (nSPS) is 25.8. The minimum atomic E-state index is -2.84. The first kappa shape index (κ1) is 20.5. The quantitative estimate of drug-likeness (QED) is 0.613. The number of rotatable bonds is 5. The van der Waals surface area contributed by atoms with Crippen LogP contribution >= 0.6 is 0 Å². The number of nitrogens with one attached hydrogen (secondary N) is 1. The van der Waals surface area contributed by atoms with E-state index in [1.54, 1.807) is 27.9 Å². The van der Waals surface area contributed by atoms with Crippen molar-refractivity contribution in [1.29, 1.82) is 0 Å². The summed E-state index contributed by atoms with van der Waals surface area (Å²) < 4.78 is 32.2. The molecule has 0 radical (unpaired) electrons. The van der Waals surface area contributed by atoms with Crippen molar-refractivity contribution in [1.82, 2.24) is 30.3 Å². The van der Waals surface area contributed by atoms with E-state index in [0.29, 0.717) is 24.2 Å². The van der Waals surface area contributed by atoms with Gasteiger partial charge in [0.25, 0.3) is 5.92 Å². The second kappa shape index (κ2) is 7.44. The van der Waals surface area contributed by atoms with Gasteiger partial charge in [0.05, 0.1) is 30.0 Å². The predicted molar refractivity (Wildman–Crippen MR) is 118 cm³/mol. The number of aromatic nitrogens is 5. The number of anilines is 1. The van der Waals surface area contributed by atoms with Crippen LogP contribution in [-0.4, -0.2) is 60.2 Å². The van der Waals surface area contributed by atoms with Gasteiger partial charge in [0.1, 0.15) is 5.75 Å². The van der Waals surface area contributed by atoms with Gasteiger partial charge in [-0.15, -0.1) is 10.2 Å². The lowest BCUT2D eigenvalue weighted by molar-refractivity contribution is -0.0743. The molecular weight excluding hydrogens is 428 g/mol. The molecule has 1 saturated carbocycles. The molecule has 172 valence electrons. The summed E-state index contributed by atoms with van der Waals surface area (Å²) in [5.74, 6) is -2.19. The molecule has 2 bridgehead atoms. The van der Waals surface area contributed by atoms with Gasteiger partial charge < -0.3 is 15.3 Å². The largest absolute Gasteiger partial charge is 0.507 e. The second-order valence-electron chi connectivity index (χ2n) is 9.33. The van der Waals surface area contributed by atoms with E-state index in [0.717, 1.165) is 30.4 Å². The third kappa shape index (κ3) is 3.52. The predicted octanol–water partition coefficient (Wildman–Crippen LogP) is 3.14. The third-order valence-electron chi connectivity index (χ3n) is 7.02. The molecule has 4 heterocycles. The monoisotopic (exact) mass is 453 g/mol. The molecule has 3 aliphatic rings. The van der Waals surface area contributed by atoms with Gasteiger partial charge in [-0.1, -0.05) is 6.07 Å². The first-order valence-electron chi connectivity index (χ1n) is 11.3. The lowest BCUT2D eigenvalue weighted by atomic mass is 9.93. The van der Waals surface area contributed by atoms with Crippen LogP contribution in [0.1, 0.15) is 32.1 Å². The van der Waals surface area contributed by atoms with Crippen LogP contribution in [0.2, 0.25) is 0 Å². The van der Waals surface area contributed by atoms with E-state index in [-0.39, 0.29) is 23.7 Å². The maximum Gasteiger partial charge on any atom is 0.283 e. The van der Waals surface area contributed by atoms with Crippen LogP contribution in [0.5, 0.6) is 5.75 Å². The van der Waals surface area contributed by atoms with Gasteiger partial charge >= 0.3 is 0 Å². The fourth-order valence-corrected chi connectivity index (χ4v) is 5.20. The van der Waals surface area contributed by atoms with Crippen LogP contribution in [0, 0.1) is 0 Å². The Morgan fingerprint density at radius 3 is 2.64 bits per heavy atom. The van der Waals surface area contributed by atoms with Crippen molar-refractivity contribution >= 4 is 5.82 Å². The van der Waals surface area contributed by atoms with E-state index in [1.807, 2.05) is 19.3 Å². The molecule has 6 rings (SSSR count). The number of aryl methyl sites for hydroxylation is 1. The summed E-state index contributed by atoms with van der Waals surface area (Å²) in [7, 11) is 1.83. The Morgan fingerprint density at radius 2 is 1.97 bits per heavy atom. The summed E-state index contributed by atoms with van der Waals surface area (Å²) in [6.07, 6.45) is 8.50. The molecule has 2 saturated heterocycles. The molecule has 1 aliphatic carbocycles. The Balaban J connectivity index is 1.28. The average Bonchev–Trinajstić information content (AvgIpc) is 3.37. The Labute approximate surface area is 189 Å². The molecule has 3 aromatic rings. The zero-order valence-electron chi connectivity index (χ0n) is 18.2. The summed E-state index contributed by atoms with van der Waals surface area (Å²) >= 11 is 0. The molecule has 0 unspecified atom stereocenters. The first-order valence-corrected chi connectivity index (χ1v) is 11.3. The van der Waals surface area contributed by atoms with Crippen LogP contribution in [0.15, 0.2) is 36.8 Å². The highest BCUT2D eigenvalue weighted by molar-refractivity contribution is 5.72. The standard InChI is InChI=1S/C23H25F2N7O/c1-31-12-14(10-27-31)13-2-6-17(18(33)8-13)22-26-11-21(29-30-22)32(16-4-5-16)20-9-15-3-7-19(28-15)23(20,24)25/h2,6,8,10-12,15-16,19-20,28,33H,3-5,7,9H2,1H3/t15-,19+,20+/m0/s1. The fraction of sp³-hybridized carbons (Fsp3) is 0.478. The summed E-state index contributed by atoms with van der Waals surface area (Å²) in [5, 5.41) is 26.3. The molecule has 33 heavy (non-hydrogen) atoms. The van der Waals surface area contributed by atoms with Crippen molar-refractivity contribution in [2.75, 3.05) is 4.90 Å². The van der Waals surface area contributed by atoms with Gasteiger partial charge in [-0.05, 0) is 49.8 Å². The summed E-state index contributed by atoms with van der Waals surface area (Å²) in [4.78, 5) is 6.14. The maximum absolute atomic E-state index is 15.2. The Bertz CT molecular complexity index is 1180. The highest BCUT2D eigenvalue weighted by Crippen LogP contribution is 2.45. The zero-order valence-corrected chi connectivity index (χ0v) is 18.2. The number of piperidine rings is 1. The summed E-state index contributed by atoms with van der Waals surface area (Å²) in [5.41, 5.74) is 2.13. The molecule has 8 nitrogen and oxygen atoms in total. The Kier molecular flexibility index (Phi) is 4.62. The number of benzene rings is 1. The van der Waals surface area contributed by atoms with Crippen molar-refractivity contribution in [3.05, 3.63) is 36.8 Å². The molecule has 0 spiro atoms. The maximum atomic E-state index is 15.2. The summed E-state index contributed by atoms with van der Waals surface area (Å²) in [6, 6.07) is 3.70. The first-order chi connectivity index (χ1) is 15.9. The Morgan fingerprint density at radius 1 is 1.12 bits per heavy atom. The molecule has 2 aliphatic heterocycles. The topological polar surface area (TPSA) is 92.0 Å². The Hall–Kier alpha value is -3.14. The van der Waals surface area contributed by atoms with Gasteiger partial charge in [0.15, 0.2) is 11.6 Å². The molecule has 10 heteroatoms. The van der Waals surface area contributed by atoms with Crippen LogP contribution < -0.4 is 10.2 Å². The number of hydrogen-bond acceptors (Lipinski definition) is 7. The van der Waals surface area contributed by atoms with Crippen molar-refractivity contribution in [3.63, 3.8) is 0 Å². The second-order valence-corrected chi connectivity index (χ2v) is 9.33. The zero-order chi connectivity index (χ0) is 22.7. The molecule has 2 N–H and O–H groups in total. The molecule has 2 aromatic heterocycles. The lowest BCUT2D eigenvalue weighted by Gasteiger charge is -2.43. The average molecular weight is 453 g/mol. The number of aromatic hydroxyl groups is 1. The van der Waals surface area contributed by atoms with Crippen molar-refractivity contribution in [3.8, 4) is 28.3 Å². The van der Waals surface area contributed by atoms with Crippen molar-refractivity contribution < 1.29 is 13.9 Å². The van der Waals surface area contributed by atoms with Crippen LogP contribution in [0.3, 0.4) is 0 Å². The van der Waals surface area contributed by atoms with Crippen LogP contribution in [0.25, 0.3) is 22.5 Å². The van der Waals surface area contributed by atoms with Crippen LogP contribution in [0.4, 0.5) is 14.6 Å². The number of nitrogens with zero attached hydrogens (tertiary/aromatic N) is 6. The lowest BCUT2D eigenvalue weighted by Crippen LogP contribution is -2.63. The van der Waals surface area contributed by atoms with Gasteiger partial charge in [-0.25, -0.2) is 13.8 Å². The smallest absolute Gasteiger partial charge is 0.283 e. The van der Waals surface area contributed by atoms with Gasteiger partial charge in [0, 0.05) is 30.9 Å². The van der Waals surface area contributed by atoms with Crippen molar-refractivity contribution in [2.45, 2.75) is 62.2 Å². The van der Waals surface area contributed by atoms with Crippen molar-refractivity contribution in [2.24, 2.45) is 7.05 Å². The van der Waals surface area contributed by atoms with E-state index in [1.165, 1.54) is 6.20 Å². The molecule has 1 aromatic carbocycles. The van der Waals surface area contributed by atoms with Crippen LogP contribution in [-0.2, 0) is 7.05 Å². The minimum absolute atomic E-state index is 0.0198. The van der Waals surface area contributed by atoms with E-state index < -0.39 is 18.0 Å². The number of phenolic OH excluding ortho intramolecular Hbond substituents is 1. The SMILES string of the molecule is Cn1cc(-c2ccc(-c3ncc(N(C4CC4)[C@@H]4C[C@@H]5CC[C@@H](N5)C4(F)F)nn3)c(O)c2)cn1. The molecule has 3 atom stereocenters. The number of halogens is 2. The van der Waals surface area contributed by atoms with Gasteiger partial charge in [-0.3, -0.25) is 4.68 Å². The van der Waals surface area contributed by atoms with E-state index >= 15 is 8.78 Å². The highest BCUT2D eigenvalue weighted by Gasteiger charge is 2.58. The van der Waals surface area contributed by atoms with E-state index in [2.05, 4.69) is 25.6 Å². The number of alkyl halides is 2. The summed E-state index contributed by atoms with van der Waals surface area (Å²) in [6.45, 7) is 0. The minimum Gasteiger partial charge on any atom is -0.507 e. The number of hydrogen-bond donors (Lipinski definition) is 2. The number of fused-ring (bicyclic) bond motifs is 2. The number of phenols is 1. The fourth-order valence-electron chi connectivity index (χ4n) is 5.20. The molecule has 0 amide bonds. The highest BCUT2D eigenvalue weighted by atomic mass is 19.3. The van der Waals surface area contributed by atoms with Gasteiger partial charge in [0.2, 0.25) is 0 Å². The van der Waals surface area contributed by atoms with E-state index in [9.17, 15) is 5.11 Å². The van der Waals surface area contributed by atoms with Gasteiger partial charge in [-0.2, -0.15) is 5.10 Å². The van der Waals surface area contributed by atoms with E-state index in [4.69, 9.17) is 0 Å². The third-order valence-corrected chi connectivity index (χ3v) is 7.02. The molecular formula is C23H25F2N7O.